The molecule has 0 radical (unpaired) electrons. The Labute approximate surface area is 88.7 Å². The van der Waals surface area contributed by atoms with Gasteiger partial charge in [-0.15, -0.1) is 0 Å². The van der Waals surface area contributed by atoms with Gasteiger partial charge in [0, 0.05) is 19.7 Å². The number of hydrogen-bond donors (Lipinski definition) is 1. The van der Waals surface area contributed by atoms with E-state index in [4.69, 9.17) is 5.73 Å². The number of hydrogen-bond acceptors (Lipinski definition) is 2. The van der Waals surface area contributed by atoms with E-state index in [1.807, 2.05) is 0 Å². The Hall–Kier alpha value is -1.84. The highest BCUT2D eigenvalue weighted by Crippen LogP contribution is 2.05. The number of nitrogens with two attached hydrogens (primary N) is 1. The second kappa shape index (κ2) is 4.59. The molecule has 4 nitrogen and oxygen atoms in total. The van der Waals surface area contributed by atoms with E-state index in [9.17, 15) is 9.59 Å². The van der Waals surface area contributed by atoms with Gasteiger partial charge < -0.3 is 10.6 Å². The fourth-order valence-electron chi connectivity index (χ4n) is 1.12. The number of amides is 2. The monoisotopic (exact) mass is 206 g/mol. The van der Waals surface area contributed by atoms with E-state index in [-0.39, 0.29) is 5.91 Å². The molecule has 0 spiro atoms. The lowest BCUT2D eigenvalue weighted by Gasteiger charge is -2.09. The number of rotatable bonds is 3. The zero-order valence-corrected chi connectivity index (χ0v) is 8.86. The summed E-state index contributed by atoms with van der Waals surface area (Å²) >= 11 is 0. The van der Waals surface area contributed by atoms with Gasteiger partial charge in [0.15, 0.2) is 0 Å². The molecular weight excluding hydrogens is 192 g/mol. The molecule has 80 valence electrons. The highest BCUT2D eigenvalue weighted by molar-refractivity contribution is 5.92. The van der Waals surface area contributed by atoms with Crippen molar-refractivity contribution >= 4 is 11.8 Å². The number of nitrogens with zero attached hydrogens (tertiary/aromatic N) is 1. The smallest absolute Gasteiger partial charge is 0.248 e. The molecule has 0 aliphatic heterocycles. The first kappa shape index (κ1) is 11.2. The van der Waals surface area contributed by atoms with Crippen molar-refractivity contribution in [2.45, 2.75) is 6.42 Å². The zero-order valence-electron chi connectivity index (χ0n) is 8.86. The first-order valence-corrected chi connectivity index (χ1v) is 4.59. The van der Waals surface area contributed by atoms with Crippen LogP contribution in [0.4, 0.5) is 0 Å². The summed E-state index contributed by atoms with van der Waals surface area (Å²) in [7, 11) is 3.42. The average Bonchev–Trinajstić information content (AvgIpc) is 2.18. The molecule has 1 aromatic carbocycles. The number of likely N-dealkylation sites (N-methyl/N-ethyl adjacent to an activating group) is 1. The van der Waals surface area contributed by atoms with Crippen molar-refractivity contribution in [3.05, 3.63) is 35.4 Å². The maximum atomic E-state index is 11.4. The van der Waals surface area contributed by atoms with Crippen molar-refractivity contribution in [2.24, 2.45) is 5.73 Å². The molecule has 15 heavy (non-hydrogen) atoms. The van der Waals surface area contributed by atoms with Crippen LogP contribution in [-0.2, 0) is 11.2 Å². The predicted molar refractivity (Wildman–Crippen MR) is 57.4 cm³/mol. The van der Waals surface area contributed by atoms with E-state index >= 15 is 0 Å². The summed E-state index contributed by atoms with van der Waals surface area (Å²) in [5.74, 6) is -0.428. The summed E-state index contributed by atoms with van der Waals surface area (Å²) in [6, 6.07) is 6.73. The summed E-state index contributed by atoms with van der Waals surface area (Å²) in [4.78, 5) is 23.7. The van der Waals surface area contributed by atoms with E-state index < -0.39 is 5.91 Å². The van der Waals surface area contributed by atoms with E-state index in [0.29, 0.717) is 12.0 Å². The Morgan fingerprint density at radius 2 is 1.73 bits per heavy atom. The number of primary amides is 1. The Morgan fingerprint density at radius 3 is 2.13 bits per heavy atom. The van der Waals surface area contributed by atoms with Crippen LogP contribution < -0.4 is 5.73 Å². The average molecular weight is 206 g/mol. The van der Waals surface area contributed by atoms with E-state index in [1.165, 1.54) is 4.90 Å². The molecule has 0 saturated heterocycles. The molecule has 4 heteroatoms. The summed E-state index contributed by atoms with van der Waals surface area (Å²) in [5.41, 5.74) is 6.43. The van der Waals surface area contributed by atoms with Crippen LogP contribution in [0.5, 0.6) is 0 Å². The molecule has 1 rings (SSSR count). The minimum absolute atomic E-state index is 0.0295. The van der Waals surface area contributed by atoms with Crippen molar-refractivity contribution < 1.29 is 9.59 Å². The van der Waals surface area contributed by atoms with Crippen molar-refractivity contribution in [1.29, 1.82) is 0 Å². The van der Waals surface area contributed by atoms with Gasteiger partial charge in [0.2, 0.25) is 11.8 Å². The molecule has 0 atom stereocenters. The molecule has 0 fully saturated rings. The van der Waals surface area contributed by atoms with E-state index in [1.54, 1.807) is 38.4 Å². The van der Waals surface area contributed by atoms with Gasteiger partial charge in [0.05, 0.1) is 6.42 Å². The fourth-order valence-corrected chi connectivity index (χ4v) is 1.12. The standard InChI is InChI=1S/C11H14N2O2/c1-13(2)10(14)7-8-3-5-9(6-4-8)11(12)15/h3-6H,7H2,1-2H3,(H2,12,15). The van der Waals surface area contributed by atoms with Crippen molar-refractivity contribution in [3.63, 3.8) is 0 Å². The van der Waals surface area contributed by atoms with Crippen LogP contribution in [0.3, 0.4) is 0 Å². The normalized spacial score (nSPS) is 9.73. The lowest BCUT2D eigenvalue weighted by atomic mass is 10.1. The Kier molecular flexibility index (Phi) is 3.44. The third-order valence-corrected chi connectivity index (χ3v) is 2.09. The molecule has 0 aliphatic rings. The first-order valence-electron chi connectivity index (χ1n) is 4.59. The van der Waals surface area contributed by atoms with Gasteiger partial charge in [-0.3, -0.25) is 9.59 Å². The number of carbonyl (C=O) groups is 2. The summed E-state index contributed by atoms with van der Waals surface area (Å²) < 4.78 is 0. The van der Waals surface area contributed by atoms with Gasteiger partial charge in [-0.1, -0.05) is 12.1 Å². The molecular formula is C11H14N2O2. The minimum Gasteiger partial charge on any atom is -0.366 e. The Morgan fingerprint density at radius 1 is 1.20 bits per heavy atom. The van der Waals surface area contributed by atoms with Crippen LogP contribution in [0.1, 0.15) is 15.9 Å². The van der Waals surface area contributed by atoms with Crippen molar-refractivity contribution in [3.8, 4) is 0 Å². The van der Waals surface area contributed by atoms with Crippen LogP contribution >= 0.6 is 0 Å². The van der Waals surface area contributed by atoms with Gasteiger partial charge in [-0.05, 0) is 17.7 Å². The van der Waals surface area contributed by atoms with E-state index in [2.05, 4.69) is 0 Å². The zero-order chi connectivity index (χ0) is 11.4. The third kappa shape index (κ3) is 3.09. The molecule has 1 aromatic rings. The van der Waals surface area contributed by atoms with Crippen LogP contribution in [-0.4, -0.2) is 30.8 Å². The summed E-state index contributed by atoms with van der Waals surface area (Å²) in [6.07, 6.45) is 0.339. The fraction of sp³-hybridized carbons (Fsp3) is 0.273. The maximum absolute atomic E-state index is 11.4. The molecule has 0 saturated carbocycles. The minimum atomic E-state index is -0.458. The highest BCUT2D eigenvalue weighted by Gasteiger charge is 2.06. The van der Waals surface area contributed by atoms with Crippen LogP contribution in [0.25, 0.3) is 0 Å². The molecule has 0 aliphatic carbocycles. The molecule has 2 amide bonds. The largest absolute Gasteiger partial charge is 0.366 e. The summed E-state index contributed by atoms with van der Waals surface area (Å²) in [5, 5.41) is 0. The SMILES string of the molecule is CN(C)C(=O)Cc1ccc(C(N)=O)cc1. The molecule has 0 unspecified atom stereocenters. The number of benzene rings is 1. The third-order valence-electron chi connectivity index (χ3n) is 2.09. The van der Waals surface area contributed by atoms with Gasteiger partial charge in [-0.25, -0.2) is 0 Å². The van der Waals surface area contributed by atoms with Crippen molar-refractivity contribution in [1.82, 2.24) is 4.90 Å². The van der Waals surface area contributed by atoms with Gasteiger partial charge in [-0.2, -0.15) is 0 Å². The highest BCUT2D eigenvalue weighted by atomic mass is 16.2. The Bertz CT molecular complexity index is 369. The first-order chi connectivity index (χ1) is 7.00. The molecule has 0 heterocycles. The second-order valence-corrected chi connectivity index (χ2v) is 3.53. The van der Waals surface area contributed by atoms with Gasteiger partial charge in [0.25, 0.3) is 0 Å². The molecule has 2 N–H and O–H groups in total. The van der Waals surface area contributed by atoms with Crippen molar-refractivity contribution in [2.75, 3.05) is 14.1 Å². The predicted octanol–water partition coefficient (Wildman–Crippen LogP) is 0.416. The Balaban J connectivity index is 2.73. The lowest BCUT2D eigenvalue weighted by molar-refractivity contribution is -0.127. The molecule has 0 bridgehead atoms. The van der Waals surface area contributed by atoms with E-state index in [0.717, 1.165) is 5.56 Å². The van der Waals surface area contributed by atoms with Gasteiger partial charge in [0.1, 0.15) is 0 Å². The quantitative estimate of drug-likeness (QED) is 0.778. The van der Waals surface area contributed by atoms with Gasteiger partial charge >= 0.3 is 0 Å². The second-order valence-electron chi connectivity index (χ2n) is 3.53. The van der Waals surface area contributed by atoms with Crippen LogP contribution in [0, 0.1) is 0 Å². The lowest BCUT2D eigenvalue weighted by Crippen LogP contribution is -2.23. The maximum Gasteiger partial charge on any atom is 0.248 e. The van der Waals surface area contributed by atoms with Crippen LogP contribution in [0.15, 0.2) is 24.3 Å². The molecule has 0 aromatic heterocycles. The topological polar surface area (TPSA) is 63.4 Å². The van der Waals surface area contributed by atoms with Crippen LogP contribution in [0.2, 0.25) is 0 Å². The summed E-state index contributed by atoms with van der Waals surface area (Å²) in [6.45, 7) is 0. The number of carbonyl (C=O) groups excluding carboxylic acids is 2.